The highest BCUT2D eigenvalue weighted by Gasteiger charge is 2.29. The van der Waals surface area contributed by atoms with Crippen molar-refractivity contribution in [3.05, 3.63) is 0 Å². The molecule has 0 aromatic heterocycles. The van der Waals surface area contributed by atoms with Crippen molar-refractivity contribution in [3.8, 4) is 0 Å². The molecule has 1 rings (SSSR count). The molecular formula is C8H13ClN2O4S. The van der Waals surface area contributed by atoms with Crippen molar-refractivity contribution in [2.45, 2.75) is 12.8 Å². The Balaban J connectivity index is 2.28. The van der Waals surface area contributed by atoms with Gasteiger partial charge in [0, 0.05) is 6.42 Å². The van der Waals surface area contributed by atoms with Crippen molar-refractivity contribution >= 4 is 33.3 Å². The number of halogens is 1. The van der Waals surface area contributed by atoms with Crippen LogP contribution in [0.15, 0.2) is 0 Å². The highest BCUT2D eigenvalue weighted by molar-refractivity contribution is 7.91. The zero-order chi connectivity index (χ0) is 12.2. The van der Waals surface area contributed by atoms with Gasteiger partial charge in [0.1, 0.15) is 5.88 Å². The van der Waals surface area contributed by atoms with Gasteiger partial charge in [-0.05, 0) is 12.3 Å². The summed E-state index contributed by atoms with van der Waals surface area (Å²) in [4.78, 5) is 22.0. The topological polar surface area (TPSA) is 92.3 Å². The van der Waals surface area contributed by atoms with Gasteiger partial charge >= 0.3 is 0 Å². The lowest BCUT2D eigenvalue weighted by atomic mass is 10.1. The maximum atomic E-state index is 11.3. The second-order valence-corrected chi connectivity index (χ2v) is 6.20. The van der Waals surface area contributed by atoms with Gasteiger partial charge in [0.2, 0.25) is 5.91 Å². The molecule has 0 aromatic carbocycles. The molecule has 0 bridgehead atoms. The number of hydrazine groups is 1. The Kier molecular flexibility index (Phi) is 4.55. The van der Waals surface area contributed by atoms with Gasteiger partial charge < -0.3 is 0 Å². The van der Waals surface area contributed by atoms with E-state index in [-0.39, 0.29) is 29.7 Å². The summed E-state index contributed by atoms with van der Waals surface area (Å²) in [5.74, 6) is -1.12. The Labute approximate surface area is 98.6 Å². The third-order valence-electron chi connectivity index (χ3n) is 2.26. The molecule has 0 unspecified atom stereocenters. The van der Waals surface area contributed by atoms with Gasteiger partial charge in [-0.2, -0.15) is 0 Å². The maximum Gasteiger partial charge on any atom is 0.253 e. The second-order valence-electron chi connectivity index (χ2n) is 3.70. The number of amides is 2. The van der Waals surface area contributed by atoms with E-state index in [4.69, 9.17) is 11.6 Å². The molecule has 0 aromatic rings. The van der Waals surface area contributed by atoms with Crippen LogP contribution in [0.3, 0.4) is 0 Å². The largest absolute Gasteiger partial charge is 0.273 e. The van der Waals surface area contributed by atoms with Crippen LogP contribution in [0.5, 0.6) is 0 Å². The summed E-state index contributed by atoms with van der Waals surface area (Å²) < 4.78 is 22.2. The maximum absolute atomic E-state index is 11.3. The summed E-state index contributed by atoms with van der Waals surface area (Å²) >= 11 is 5.20. The number of carbonyl (C=O) groups excluding carboxylic acids is 2. The minimum Gasteiger partial charge on any atom is -0.273 e. The van der Waals surface area contributed by atoms with Gasteiger partial charge in [0.05, 0.1) is 11.5 Å². The molecule has 16 heavy (non-hydrogen) atoms. The van der Waals surface area contributed by atoms with Crippen LogP contribution in [0.1, 0.15) is 12.8 Å². The third kappa shape index (κ3) is 4.36. The Bertz CT molecular complexity index is 381. The van der Waals surface area contributed by atoms with Gasteiger partial charge in [-0.25, -0.2) is 8.42 Å². The van der Waals surface area contributed by atoms with Crippen LogP contribution in [0.4, 0.5) is 0 Å². The van der Waals surface area contributed by atoms with Crippen LogP contribution in [-0.4, -0.2) is 37.6 Å². The number of nitrogens with one attached hydrogen (secondary N) is 2. The molecule has 0 saturated carbocycles. The van der Waals surface area contributed by atoms with E-state index in [1.165, 1.54) is 0 Å². The summed E-state index contributed by atoms with van der Waals surface area (Å²) in [6.07, 6.45) is 0.598. The van der Waals surface area contributed by atoms with E-state index in [9.17, 15) is 18.0 Å². The number of carbonyl (C=O) groups is 2. The Morgan fingerprint density at radius 3 is 2.38 bits per heavy atom. The van der Waals surface area contributed by atoms with E-state index >= 15 is 0 Å². The van der Waals surface area contributed by atoms with E-state index in [1.807, 2.05) is 0 Å². The molecule has 2 amide bonds. The van der Waals surface area contributed by atoms with Gasteiger partial charge in [-0.1, -0.05) is 0 Å². The lowest BCUT2D eigenvalue weighted by Gasteiger charge is -2.08. The van der Waals surface area contributed by atoms with E-state index in [2.05, 4.69) is 10.9 Å². The molecule has 92 valence electrons. The van der Waals surface area contributed by atoms with Crippen LogP contribution in [-0.2, 0) is 19.4 Å². The minimum absolute atomic E-state index is 0.0455. The third-order valence-corrected chi connectivity index (χ3v) is 4.34. The zero-order valence-electron chi connectivity index (χ0n) is 8.53. The summed E-state index contributed by atoms with van der Waals surface area (Å²) in [5, 5.41) is 0. The second kappa shape index (κ2) is 5.49. The number of alkyl halides is 1. The fourth-order valence-corrected chi connectivity index (χ4v) is 3.45. The van der Waals surface area contributed by atoms with Gasteiger partial charge in [-0.3, -0.25) is 20.4 Å². The summed E-state index contributed by atoms with van der Waals surface area (Å²) in [6, 6.07) is 0. The first kappa shape index (κ1) is 13.2. The molecule has 1 aliphatic rings. The summed E-state index contributed by atoms with van der Waals surface area (Å²) in [5.41, 5.74) is 4.28. The quantitative estimate of drug-likeness (QED) is 0.518. The average Bonchev–Trinajstić information content (AvgIpc) is 2.54. The molecule has 2 N–H and O–H groups in total. The number of hydrogen-bond acceptors (Lipinski definition) is 4. The average molecular weight is 269 g/mol. The highest BCUT2D eigenvalue weighted by Crippen LogP contribution is 2.21. The van der Waals surface area contributed by atoms with Crippen LogP contribution >= 0.6 is 11.6 Å². The van der Waals surface area contributed by atoms with Crippen molar-refractivity contribution in [3.63, 3.8) is 0 Å². The molecule has 1 fully saturated rings. The SMILES string of the molecule is O=C(CCl)NNC(=O)C[C@@H]1CCS(=O)(=O)C1. The Morgan fingerprint density at radius 2 is 1.88 bits per heavy atom. The van der Waals surface area contributed by atoms with Gasteiger partial charge in [-0.15, -0.1) is 11.6 Å². The van der Waals surface area contributed by atoms with Crippen LogP contribution < -0.4 is 10.9 Å². The van der Waals surface area contributed by atoms with E-state index < -0.39 is 21.7 Å². The van der Waals surface area contributed by atoms with E-state index in [0.29, 0.717) is 6.42 Å². The van der Waals surface area contributed by atoms with Crippen molar-refractivity contribution < 1.29 is 18.0 Å². The van der Waals surface area contributed by atoms with Crippen molar-refractivity contribution in [2.24, 2.45) is 5.92 Å². The van der Waals surface area contributed by atoms with Crippen LogP contribution in [0.2, 0.25) is 0 Å². The first-order valence-electron chi connectivity index (χ1n) is 4.77. The van der Waals surface area contributed by atoms with E-state index in [0.717, 1.165) is 0 Å². The van der Waals surface area contributed by atoms with Crippen molar-refractivity contribution in [2.75, 3.05) is 17.4 Å². The molecule has 8 heteroatoms. The standard InChI is InChI=1S/C8H13ClN2O4S/c9-4-8(13)11-10-7(12)3-6-1-2-16(14,15)5-6/h6H,1-5H2,(H,10,12)(H,11,13)/t6-/m0/s1. The number of rotatable bonds is 3. The molecule has 1 atom stereocenters. The smallest absolute Gasteiger partial charge is 0.253 e. The Morgan fingerprint density at radius 1 is 1.25 bits per heavy atom. The Hall–Kier alpha value is -0.820. The molecule has 0 aliphatic carbocycles. The van der Waals surface area contributed by atoms with Crippen molar-refractivity contribution in [1.29, 1.82) is 0 Å². The lowest BCUT2D eigenvalue weighted by molar-refractivity contribution is -0.128. The summed E-state index contributed by atoms with van der Waals surface area (Å²) in [7, 11) is -2.97. The van der Waals surface area contributed by atoms with E-state index in [1.54, 1.807) is 0 Å². The monoisotopic (exact) mass is 268 g/mol. The molecule has 0 radical (unpaired) electrons. The lowest BCUT2D eigenvalue weighted by Crippen LogP contribution is -2.42. The molecular weight excluding hydrogens is 256 g/mol. The molecule has 6 nitrogen and oxygen atoms in total. The van der Waals surface area contributed by atoms with Crippen LogP contribution in [0.25, 0.3) is 0 Å². The molecule has 1 aliphatic heterocycles. The number of hydrogen-bond donors (Lipinski definition) is 2. The highest BCUT2D eigenvalue weighted by atomic mass is 35.5. The van der Waals surface area contributed by atoms with Gasteiger partial charge in [0.15, 0.2) is 9.84 Å². The molecule has 1 heterocycles. The fraction of sp³-hybridized carbons (Fsp3) is 0.750. The minimum atomic E-state index is -2.97. The predicted octanol–water partition coefficient (Wildman–Crippen LogP) is -0.803. The molecule has 0 spiro atoms. The molecule has 1 saturated heterocycles. The first-order chi connectivity index (χ1) is 7.43. The first-order valence-corrected chi connectivity index (χ1v) is 7.12. The number of sulfone groups is 1. The van der Waals surface area contributed by atoms with Crippen LogP contribution in [0, 0.1) is 5.92 Å². The zero-order valence-corrected chi connectivity index (χ0v) is 10.1. The van der Waals surface area contributed by atoms with Crippen molar-refractivity contribution in [1.82, 2.24) is 10.9 Å². The fourth-order valence-electron chi connectivity index (χ4n) is 1.52. The predicted molar refractivity (Wildman–Crippen MR) is 58.4 cm³/mol. The normalized spacial score (nSPS) is 22.7. The van der Waals surface area contributed by atoms with Gasteiger partial charge in [0.25, 0.3) is 5.91 Å². The summed E-state index contributed by atoms with van der Waals surface area (Å²) in [6.45, 7) is 0.